The van der Waals surface area contributed by atoms with Crippen LogP contribution in [0, 0.1) is 5.92 Å². The number of Topliss-reactive ketones (excluding diaryl/α,β-unsaturated/α-hetero) is 1. The molecular weight excluding hydrogens is 330 g/mol. The highest BCUT2D eigenvalue weighted by molar-refractivity contribution is 5.94. The number of amides is 1. The third-order valence-corrected chi connectivity index (χ3v) is 5.31. The van der Waals surface area contributed by atoms with Crippen LogP contribution in [0.15, 0.2) is 48.8 Å². The Kier molecular flexibility index (Phi) is 4.65. The SMILES string of the molecule is O=C(c1ncccn1)C1CC2CCC(C1)N2C(=O)OCc1ccccc1. The van der Waals surface area contributed by atoms with Crippen molar-refractivity contribution in [2.75, 3.05) is 0 Å². The lowest BCUT2D eigenvalue weighted by atomic mass is 9.87. The topological polar surface area (TPSA) is 72.4 Å². The average Bonchev–Trinajstić information content (AvgIpc) is 2.96. The van der Waals surface area contributed by atoms with Crippen molar-refractivity contribution in [3.8, 4) is 0 Å². The predicted octanol–water partition coefficient (Wildman–Crippen LogP) is 3.24. The van der Waals surface area contributed by atoms with Gasteiger partial charge in [0.05, 0.1) is 0 Å². The Morgan fingerprint density at radius 1 is 1.00 bits per heavy atom. The van der Waals surface area contributed by atoms with Crippen molar-refractivity contribution < 1.29 is 14.3 Å². The molecule has 2 aliphatic rings. The van der Waals surface area contributed by atoms with Crippen LogP contribution in [-0.2, 0) is 11.3 Å². The highest BCUT2D eigenvalue weighted by atomic mass is 16.6. The molecule has 2 atom stereocenters. The molecule has 2 unspecified atom stereocenters. The third kappa shape index (κ3) is 3.31. The normalized spacial score (nSPS) is 24.3. The monoisotopic (exact) mass is 351 g/mol. The van der Waals surface area contributed by atoms with Gasteiger partial charge in [0.2, 0.25) is 5.78 Å². The smallest absolute Gasteiger partial charge is 0.410 e. The first kappa shape index (κ1) is 16.7. The maximum atomic E-state index is 12.6. The van der Waals surface area contributed by atoms with Gasteiger partial charge < -0.3 is 9.64 Å². The minimum absolute atomic E-state index is 0.0141. The summed E-state index contributed by atoms with van der Waals surface area (Å²) in [6.07, 6.45) is 6.07. The molecule has 2 aromatic rings. The second-order valence-corrected chi connectivity index (χ2v) is 6.94. The summed E-state index contributed by atoms with van der Waals surface area (Å²) in [4.78, 5) is 35.2. The molecule has 1 aromatic carbocycles. The number of nitrogens with zero attached hydrogens (tertiary/aromatic N) is 3. The molecule has 0 N–H and O–H groups in total. The van der Waals surface area contributed by atoms with Crippen LogP contribution in [0.5, 0.6) is 0 Å². The van der Waals surface area contributed by atoms with Crippen LogP contribution in [-0.4, -0.2) is 38.8 Å². The molecule has 2 saturated heterocycles. The van der Waals surface area contributed by atoms with Crippen molar-refractivity contribution in [1.29, 1.82) is 0 Å². The summed E-state index contributed by atoms with van der Waals surface area (Å²) < 4.78 is 5.51. The summed E-state index contributed by atoms with van der Waals surface area (Å²) in [6.45, 7) is 0.274. The maximum Gasteiger partial charge on any atom is 0.410 e. The van der Waals surface area contributed by atoms with E-state index in [4.69, 9.17) is 4.74 Å². The number of ether oxygens (including phenoxy) is 1. The van der Waals surface area contributed by atoms with Gasteiger partial charge >= 0.3 is 6.09 Å². The van der Waals surface area contributed by atoms with E-state index < -0.39 is 0 Å². The number of rotatable bonds is 4. The fourth-order valence-electron chi connectivity index (χ4n) is 4.09. The lowest BCUT2D eigenvalue weighted by molar-refractivity contribution is 0.0481. The zero-order chi connectivity index (χ0) is 17.9. The first-order chi connectivity index (χ1) is 12.7. The minimum Gasteiger partial charge on any atom is -0.445 e. The molecule has 6 nitrogen and oxygen atoms in total. The van der Waals surface area contributed by atoms with Gasteiger partial charge in [-0.1, -0.05) is 30.3 Å². The molecule has 1 aromatic heterocycles. The Balaban J connectivity index is 1.39. The van der Waals surface area contributed by atoms with Gasteiger partial charge in [0, 0.05) is 30.4 Å². The van der Waals surface area contributed by atoms with Crippen molar-refractivity contribution in [2.45, 2.75) is 44.4 Å². The van der Waals surface area contributed by atoms with E-state index >= 15 is 0 Å². The van der Waals surface area contributed by atoms with Crippen LogP contribution in [0.3, 0.4) is 0 Å². The fraction of sp³-hybridized carbons (Fsp3) is 0.400. The number of fused-ring (bicyclic) bond motifs is 2. The van der Waals surface area contributed by atoms with E-state index in [1.165, 1.54) is 0 Å². The molecule has 0 saturated carbocycles. The van der Waals surface area contributed by atoms with Crippen LogP contribution >= 0.6 is 0 Å². The van der Waals surface area contributed by atoms with Crippen LogP contribution in [0.2, 0.25) is 0 Å². The maximum absolute atomic E-state index is 12.6. The fourth-order valence-corrected chi connectivity index (χ4v) is 4.09. The zero-order valence-corrected chi connectivity index (χ0v) is 14.5. The van der Waals surface area contributed by atoms with Gasteiger partial charge in [-0.25, -0.2) is 14.8 Å². The van der Waals surface area contributed by atoms with Gasteiger partial charge in [0.1, 0.15) is 6.61 Å². The zero-order valence-electron chi connectivity index (χ0n) is 14.5. The van der Waals surface area contributed by atoms with Gasteiger partial charge in [-0.2, -0.15) is 0 Å². The van der Waals surface area contributed by atoms with Crippen molar-refractivity contribution in [1.82, 2.24) is 14.9 Å². The van der Waals surface area contributed by atoms with Crippen molar-refractivity contribution in [2.24, 2.45) is 5.92 Å². The molecule has 134 valence electrons. The first-order valence-corrected chi connectivity index (χ1v) is 9.02. The van der Waals surface area contributed by atoms with Gasteiger partial charge in [0.25, 0.3) is 0 Å². The van der Waals surface area contributed by atoms with E-state index in [1.807, 2.05) is 35.2 Å². The van der Waals surface area contributed by atoms with Crippen LogP contribution in [0.1, 0.15) is 41.9 Å². The van der Waals surface area contributed by atoms with E-state index in [1.54, 1.807) is 18.5 Å². The Hall–Kier alpha value is -2.76. The molecule has 0 spiro atoms. The van der Waals surface area contributed by atoms with E-state index in [2.05, 4.69) is 9.97 Å². The van der Waals surface area contributed by atoms with Crippen molar-refractivity contribution in [3.63, 3.8) is 0 Å². The van der Waals surface area contributed by atoms with E-state index in [0.29, 0.717) is 12.8 Å². The number of hydrogen-bond donors (Lipinski definition) is 0. The van der Waals surface area contributed by atoms with Crippen LogP contribution in [0.4, 0.5) is 4.79 Å². The lowest BCUT2D eigenvalue weighted by Crippen LogP contribution is -2.48. The molecule has 1 amide bonds. The van der Waals surface area contributed by atoms with Crippen LogP contribution in [0.25, 0.3) is 0 Å². The summed E-state index contributed by atoms with van der Waals surface area (Å²) >= 11 is 0. The molecule has 4 rings (SSSR count). The number of carbonyl (C=O) groups excluding carboxylic acids is 2. The predicted molar refractivity (Wildman–Crippen MR) is 94.4 cm³/mol. The highest BCUT2D eigenvalue weighted by Gasteiger charge is 2.46. The molecular formula is C20H21N3O3. The average molecular weight is 351 g/mol. The molecule has 2 aliphatic heterocycles. The van der Waals surface area contributed by atoms with E-state index in [-0.39, 0.29) is 42.3 Å². The highest BCUT2D eigenvalue weighted by Crippen LogP contribution is 2.40. The van der Waals surface area contributed by atoms with E-state index in [9.17, 15) is 9.59 Å². The number of benzene rings is 1. The molecule has 0 aliphatic carbocycles. The molecule has 0 radical (unpaired) electrons. The van der Waals surface area contributed by atoms with Crippen molar-refractivity contribution in [3.05, 3.63) is 60.2 Å². The van der Waals surface area contributed by atoms with E-state index in [0.717, 1.165) is 18.4 Å². The summed E-state index contributed by atoms with van der Waals surface area (Å²) in [5.41, 5.74) is 0.972. The van der Waals surface area contributed by atoms with Gasteiger partial charge in [-0.3, -0.25) is 4.79 Å². The Bertz CT molecular complexity index is 767. The van der Waals surface area contributed by atoms with Crippen LogP contribution < -0.4 is 0 Å². The lowest BCUT2D eigenvalue weighted by Gasteiger charge is -2.37. The van der Waals surface area contributed by atoms with Gasteiger partial charge in [-0.05, 0) is 37.3 Å². The first-order valence-electron chi connectivity index (χ1n) is 9.02. The molecule has 26 heavy (non-hydrogen) atoms. The summed E-state index contributed by atoms with van der Waals surface area (Å²) in [5, 5.41) is 0. The van der Waals surface area contributed by atoms with Gasteiger partial charge in [-0.15, -0.1) is 0 Å². The number of piperidine rings is 1. The van der Waals surface area contributed by atoms with Gasteiger partial charge in [0.15, 0.2) is 5.82 Å². The summed E-state index contributed by atoms with van der Waals surface area (Å²) in [6, 6.07) is 11.5. The standard InChI is InChI=1S/C20H21N3O3/c24-18(19-21-9-4-10-22-19)15-11-16-7-8-17(12-15)23(16)20(25)26-13-14-5-2-1-3-6-14/h1-6,9-10,15-17H,7-8,11-13H2. The Morgan fingerprint density at radius 3 is 2.31 bits per heavy atom. The number of ketones is 1. The number of aromatic nitrogens is 2. The quantitative estimate of drug-likeness (QED) is 0.791. The minimum atomic E-state index is -0.275. The molecule has 2 bridgehead atoms. The largest absolute Gasteiger partial charge is 0.445 e. The molecule has 2 fully saturated rings. The molecule has 3 heterocycles. The number of carbonyl (C=O) groups is 2. The third-order valence-electron chi connectivity index (χ3n) is 5.31. The summed E-state index contributed by atoms with van der Waals surface area (Å²) in [5.74, 6) is 0.143. The Morgan fingerprint density at radius 2 is 1.65 bits per heavy atom. The Labute approximate surface area is 152 Å². The number of hydrogen-bond acceptors (Lipinski definition) is 5. The summed E-state index contributed by atoms with van der Waals surface area (Å²) in [7, 11) is 0. The second kappa shape index (κ2) is 7.23. The van der Waals surface area contributed by atoms with Crippen molar-refractivity contribution >= 4 is 11.9 Å². The second-order valence-electron chi connectivity index (χ2n) is 6.94. The molecule has 6 heteroatoms.